The normalized spacial score (nSPS) is 10.4. The smallest absolute Gasteiger partial charge is 0.0408 e. The Hall–Kier alpha value is -1.50. The molecule has 0 fully saturated rings. The van der Waals surface area contributed by atoms with Crippen LogP contribution in [0.5, 0.6) is 0 Å². The fourth-order valence-electron chi connectivity index (χ4n) is 1.56. The average Bonchev–Trinajstić information content (AvgIpc) is 2.26. The van der Waals surface area contributed by atoms with E-state index in [1.165, 1.54) is 17.0 Å². The molecule has 1 aromatic rings. The number of nitrogens with zero attached hydrogens (tertiary/aromatic N) is 1. The summed E-state index contributed by atoms with van der Waals surface area (Å²) in [6.07, 6.45) is 4.21. The number of para-hydroxylation sites is 1. The van der Waals surface area contributed by atoms with Crippen molar-refractivity contribution in [3.05, 3.63) is 53.8 Å². The summed E-state index contributed by atoms with van der Waals surface area (Å²) in [7, 11) is 2.09. The second kappa shape index (κ2) is 5.40. The summed E-state index contributed by atoms with van der Waals surface area (Å²) in [5.41, 5.74) is 3.79. The van der Waals surface area contributed by atoms with Gasteiger partial charge in [-0.3, -0.25) is 0 Å². The van der Waals surface area contributed by atoms with Crippen LogP contribution < -0.4 is 4.90 Å². The van der Waals surface area contributed by atoms with Gasteiger partial charge >= 0.3 is 0 Å². The zero-order valence-electron chi connectivity index (χ0n) is 9.99. The summed E-state index contributed by atoms with van der Waals surface area (Å²) < 4.78 is 0. The van der Waals surface area contributed by atoms with Crippen LogP contribution in [0.2, 0.25) is 0 Å². The quantitative estimate of drug-likeness (QED) is 0.668. The first-order valence-electron chi connectivity index (χ1n) is 5.25. The SMILES string of the molecule is C/C=C\C(=C(C)C)N(C)c1ccccc1. The lowest BCUT2D eigenvalue weighted by Gasteiger charge is -2.22. The molecule has 1 heteroatoms. The second-order valence-corrected chi connectivity index (χ2v) is 3.78. The van der Waals surface area contributed by atoms with Gasteiger partial charge in [-0.15, -0.1) is 0 Å². The van der Waals surface area contributed by atoms with Crippen LogP contribution in [0.25, 0.3) is 0 Å². The summed E-state index contributed by atoms with van der Waals surface area (Å²) >= 11 is 0. The summed E-state index contributed by atoms with van der Waals surface area (Å²) in [5, 5.41) is 0. The maximum absolute atomic E-state index is 2.20. The largest absolute Gasteiger partial charge is 0.345 e. The average molecular weight is 201 g/mol. The highest BCUT2D eigenvalue weighted by Crippen LogP contribution is 2.19. The Morgan fingerprint density at radius 3 is 2.20 bits per heavy atom. The molecule has 15 heavy (non-hydrogen) atoms. The van der Waals surface area contributed by atoms with Crippen LogP contribution in [0.15, 0.2) is 53.8 Å². The molecule has 0 saturated heterocycles. The molecule has 0 spiro atoms. The third-order valence-electron chi connectivity index (χ3n) is 2.34. The molecule has 0 unspecified atom stereocenters. The lowest BCUT2D eigenvalue weighted by atomic mass is 10.2. The highest BCUT2D eigenvalue weighted by molar-refractivity contribution is 5.54. The summed E-state index contributed by atoms with van der Waals surface area (Å²) in [6, 6.07) is 10.4. The van der Waals surface area contributed by atoms with E-state index in [9.17, 15) is 0 Å². The maximum atomic E-state index is 2.20. The Labute approximate surface area is 92.7 Å². The molecule has 0 aromatic heterocycles. The predicted octanol–water partition coefficient (Wildman–Crippen LogP) is 3.99. The van der Waals surface area contributed by atoms with Crippen molar-refractivity contribution in [2.24, 2.45) is 0 Å². The monoisotopic (exact) mass is 201 g/mol. The Morgan fingerprint density at radius 1 is 1.13 bits per heavy atom. The van der Waals surface area contributed by atoms with Gasteiger partial charge in [0.15, 0.2) is 0 Å². The van der Waals surface area contributed by atoms with E-state index < -0.39 is 0 Å². The molecule has 80 valence electrons. The van der Waals surface area contributed by atoms with Crippen LogP contribution in [0.4, 0.5) is 5.69 Å². The van der Waals surface area contributed by atoms with Gasteiger partial charge < -0.3 is 4.90 Å². The van der Waals surface area contributed by atoms with Gasteiger partial charge in [0.1, 0.15) is 0 Å². The number of hydrogen-bond donors (Lipinski definition) is 0. The summed E-state index contributed by atoms with van der Waals surface area (Å²) in [6.45, 7) is 6.31. The van der Waals surface area contributed by atoms with Crippen molar-refractivity contribution in [2.75, 3.05) is 11.9 Å². The highest BCUT2D eigenvalue weighted by Gasteiger charge is 2.04. The van der Waals surface area contributed by atoms with Gasteiger partial charge in [0.05, 0.1) is 0 Å². The van der Waals surface area contributed by atoms with Gasteiger partial charge in [-0.05, 0) is 39.0 Å². The van der Waals surface area contributed by atoms with Gasteiger partial charge in [0, 0.05) is 18.4 Å². The van der Waals surface area contributed by atoms with Gasteiger partial charge in [0.25, 0.3) is 0 Å². The molecule has 0 aliphatic heterocycles. The molecular formula is C14H19N. The van der Waals surface area contributed by atoms with E-state index in [1.54, 1.807) is 0 Å². The number of rotatable bonds is 3. The minimum Gasteiger partial charge on any atom is -0.345 e. The molecule has 1 nitrogen and oxygen atoms in total. The predicted molar refractivity (Wildman–Crippen MR) is 68.0 cm³/mol. The fourth-order valence-corrected chi connectivity index (χ4v) is 1.56. The van der Waals surface area contributed by atoms with Crippen molar-refractivity contribution < 1.29 is 0 Å². The van der Waals surface area contributed by atoms with Crippen molar-refractivity contribution in [3.63, 3.8) is 0 Å². The Balaban J connectivity index is 3.02. The number of hydrogen-bond acceptors (Lipinski definition) is 1. The minimum atomic E-state index is 1.21. The zero-order valence-corrected chi connectivity index (χ0v) is 9.99. The summed E-state index contributed by atoms with van der Waals surface area (Å²) in [5.74, 6) is 0. The van der Waals surface area contributed by atoms with Crippen molar-refractivity contribution in [3.8, 4) is 0 Å². The maximum Gasteiger partial charge on any atom is 0.0408 e. The molecule has 0 aliphatic rings. The minimum absolute atomic E-state index is 1.21. The topological polar surface area (TPSA) is 3.24 Å². The molecule has 0 atom stereocenters. The molecule has 1 rings (SSSR count). The molecule has 0 radical (unpaired) electrons. The van der Waals surface area contributed by atoms with Gasteiger partial charge in [0.2, 0.25) is 0 Å². The Morgan fingerprint density at radius 2 is 1.73 bits per heavy atom. The standard InChI is InChI=1S/C14H19N/c1-5-9-14(12(2)3)15(4)13-10-7-6-8-11-13/h5-11H,1-4H3/b9-5-. The number of allylic oxidation sites excluding steroid dienone is 3. The van der Waals surface area contributed by atoms with E-state index in [2.05, 4.69) is 62.2 Å². The Bertz CT molecular complexity index is 356. The second-order valence-electron chi connectivity index (χ2n) is 3.78. The van der Waals surface area contributed by atoms with E-state index in [0.29, 0.717) is 0 Å². The van der Waals surface area contributed by atoms with E-state index in [0.717, 1.165) is 0 Å². The lowest BCUT2D eigenvalue weighted by molar-refractivity contribution is 1.09. The van der Waals surface area contributed by atoms with E-state index in [-0.39, 0.29) is 0 Å². The van der Waals surface area contributed by atoms with Crippen molar-refractivity contribution in [1.82, 2.24) is 0 Å². The molecule has 0 heterocycles. The zero-order chi connectivity index (χ0) is 11.3. The van der Waals surface area contributed by atoms with E-state index in [4.69, 9.17) is 0 Å². The first-order valence-corrected chi connectivity index (χ1v) is 5.25. The first kappa shape index (κ1) is 11.6. The van der Waals surface area contributed by atoms with Crippen LogP contribution in [-0.4, -0.2) is 7.05 Å². The fraction of sp³-hybridized carbons (Fsp3) is 0.286. The van der Waals surface area contributed by atoms with Crippen LogP contribution in [0, 0.1) is 0 Å². The molecule has 0 aliphatic carbocycles. The highest BCUT2D eigenvalue weighted by atomic mass is 15.1. The first-order chi connectivity index (χ1) is 7.16. The van der Waals surface area contributed by atoms with E-state index in [1.807, 2.05) is 13.0 Å². The van der Waals surface area contributed by atoms with Crippen LogP contribution in [0.1, 0.15) is 20.8 Å². The van der Waals surface area contributed by atoms with Gasteiger partial charge in [-0.2, -0.15) is 0 Å². The van der Waals surface area contributed by atoms with Crippen molar-refractivity contribution in [1.29, 1.82) is 0 Å². The van der Waals surface area contributed by atoms with Gasteiger partial charge in [-0.1, -0.05) is 29.8 Å². The molecular weight excluding hydrogens is 182 g/mol. The third kappa shape index (κ3) is 2.98. The summed E-state index contributed by atoms with van der Waals surface area (Å²) in [4.78, 5) is 2.20. The molecule has 1 aromatic carbocycles. The molecule has 0 saturated carbocycles. The number of benzene rings is 1. The van der Waals surface area contributed by atoms with Crippen molar-refractivity contribution in [2.45, 2.75) is 20.8 Å². The lowest BCUT2D eigenvalue weighted by Crippen LogP contribution is -2.15. The van der Waals surface area contributed by atoms with Gasteiger partial charge in [-0.25, -0.2) is 0 Å². The van der Waals surface area contributed by atoms with Crippen LogP contribution in [0.3, 0.4) is 0 Å². The number of likely N-dealkylation sites (N-methyl/N-ethyl adjacent to an activating group) is 1. The van der Waals surface area contributed by atoms with Crippen molar-refractivity contribution >= 4 is 5.69 Å². The third-order valence-corrected chi connectivity index (χ3v) is 2.34. The number of anilines is 1. The van der Waals surface area contributed by atoms with Crippen LogP contribution >= 0.6 is 0 Å². The molecule has 0 amide bonds. The van der Waals surface area contributed by atoms with E-state index >= 15 is 0 Å². The Kier molecular flexibility index (Phi) is 4.17. The van der Waals surface area contributed by atoms with Crippen LogP contribution in [-0.2, 0) is 0 Å². The molecule has 0 bridgehead atoms. The molecule has 0 N–H and O–H groups in total.